The second kappa shape index (κ2) is 4.45. The molecular formula is C14H16N2O. The van der Waals surface area contributed by atoms with Crippen molar-refractivity contribution in [2.45, 2.75) is 13.8 Å². The van der Waals surface area contributed by atoms with E-state index in [1.807, 2.05) is 50.2 Å². The van der Waals surface area contributed by atoms with Gasteiger partial charge in [-0.15, -0.1) is 0 Å². The Balaban J connectivity index is 2.32. The molecule has 0 aliphatic heterocycles. The highest BCUT2D eigenvalue weighted by molar-refractivity contribution is 5.95. The van der Waals surface area contributed by atoms with Gasteiger partial charge in [0.2, 0.25) is 5.91 Å². The van der Waals surface area contributed by atoms with Crippen LogP contribution in [-0.4, -0.2) is 5.91 Å². The van der Waals surface area contributed by atoms with E-state index in [9.17, 15) is 4.79 Å². The Morgan fingerprint density at radius 1 is 1.12 bits per heavy atom. The first-order chi connectivity index (χ1) is 8.06. The molecule has 2 aromatic rings. The molecule has 17 heavy (non-hydrogen) atoms. The summed E-state index contributed by atoms with van der Waals surface area (Å²) in [4.78, 5) is 11.6. The average Bonchev–Trinajstić information content (AvgIpc) is 2.29. The van der Waals surface area contributed by atoms with Crippen LogP contribution in [0.15, 0.2) is 36.4 Å². The van der Waals surface area contributed by atoms with Gasteiger partial charge in [-0.1, -0.05) is 26.0 Å². The zero-order chi connectivity index (χ0) is 12.4. The number of rotatable bonds is 2. The maximum atomic E-state index is 11.6. The molecule has 0 fully saturated rings. The van der Waals surface area contributed by atoms with Crippen LogP contribution in [0.3, 0.4) is 0 Å². The molecule has 0 unspecified atom stereocenters. The third-order valence-electron chi connectivity index (χ3n) is 2.66. The Hall–Kier alpha value is -2.03. The molecule has 3 N–H and O–H groups in total. The molecule has 0 aliphatic rings. The number of hydrogen-bond acceptors (Lipinski definition) is 2. The molecule has 2 rings (SSSR count). The smallest absolute Gasteiger partial charge is 0.226 e. The number of anilines is 2. The monoisotopic (exact) mass is 228 g/mol. The van der Waals surface area contributed by atoms with E-state index in [-0.39, 0.29) is 11.8 Å². The molecule has 0 spiro atoms. The van der Waals surface area contributed by atoms with Crippen LogP contribution in [0.25, 0.3) is 10.8 Å². The minimum Gasteiger partial charge on any atom is -0.399 e. The molecule has 3 heteroatoms. The lowest BCUT2D eigenvalue weighted by atomic mass is 10.1. The predicted octanol–water partition coefficient (Wildman–Crippen LogP) is 3.02. The summed E-state index contributed by atoms with van der Waals surface area (Å²) in [5.41, 5.74) is 7.28. The highest BCUT2D eigenvalue weighted by atomic mass is 16.1. The quantitative estimate of drug-likeness (QED) is 0.776. The molecule has 0 radical (unpaired) electrons. The van der Waals surface area contributed by atoms with Crippen LogP contribution in [0.2, 0.25) is 0 Å². The highest BCUT2D eigenvalue weighted by Crippen LogP contribution is 2.21. The Bertz CT molecular complexity index is 561. The molecule has 0 heterocycles. The minimum absolute atomic E-state index is 0.0166. The first-order valence-electron chi connectivity index (χ1n) is 5.66. The summed E-state index contributed by atoms with van der Waals surface area (Å²) < 4.78 is 0. The van der Waals surface area contributed by atoms with Crippen LogP contribution in [0.5, 0.6) is 0 Å². The van der Waals surface area contributed by atoms with Crippen LogP contribution in [-0.2, 0) is 4.79 Å². The van der Waals surface area contributed by atoms with Crippen LogP contribution in [0.1, 0.15) is 13.8 Å². The maximum Gasteiger partial charge on any atom is 0.226 e. The lowest BCUT2D eigenvalue weighted by Crippen LogP contribution is -2.17. The Kier molecular flexibility index (Phi) is 3.00. The molecule has 0 aliphatic carbocycles. The molecule has 0 saturated heterocycles. The maximum absolute atomic E-state index is 11.6. The second-order valence-corrected chi connectivity index (χ2v) is 4.47. The largest absolute Gasteiger partial charge is 0.399 e. The van der Waals surface area contributed by atoms with Crippen LogP contribution in [0.4, 0.5) is 11.4 Å². The Morgan fingerprint density at radius 2 is 1.76 bits per heavy atom. The zero-order valence-corrected chi connectivity index (χ0v) is 10.0. The third kappa shape index (κ3) is 2.56. The predicted molar refractivity (Wildman–Crippen MR) is 71.8 cm³/mol. The number of nitrogens with one attached hydrogen (secondary N) is 1. The average molecular weight is 228 g/mol. The fourth-order valence-corrected chi connectivity index (χ4v) is 1.63. The first-order valence-corrected chi connectivity index (χ1v) is 5.66. The standard InChI is InChI=1S/C14H16N2O/c1-9(2)14(17)16-13-6-4-10-7-12(15)5-3-11(10)8-13/h3-9H,15H2,1-2H3,(H,16,17). The van der Waals surface area contributed by atoms with Gasteiger partial charge in [0, 0.05) is 17.3 Å². The summed E-state index contributed by atoms with van der Waals surface area (Å²) in [6.07, 6.45) is 0. The Labute approximate surface area is 101 Å². The normalized spacial score (nSPS) is 10.8. The summed E-state index contributed by atoms with van der Waals surface area (Å²) in [5.74, 6) is 0.0110. The van der Waals surface area contributed by atoms with E-state index in [2.05, 4.69) is 5.32 Å². The number of carbonyl (C=O) groups is 1. The molecule has 0 bridgehead atoms. The summed E-state index contributed by atoms with van der Waals surface area (Å²) in [6.45, 7) is 3.74. The molecule has 2 aromatic carbocycles. The van der Waals surface area contributed by atoms with E-state index in [0.29, 0.717) is 0 Å². The van der Waals surface area contributed by atoms with E-state index < -0.39 is 0 Å². The third-order valence-corrected chi connectivity index (χ3v) is 2.66. The van der Waals surface area contributed by atoms with Crippen molar-refractivity contribution in [3.8, 4) is 0 Å². The fourth-order valence-electron chi connectivity index (χ4n) is 1.63. The number of hydrogen-bond donors (Lipinski definition) is 2. The van der Waals surface area contributed by atoms with E-state index in [1.165, 1.54) is 0 Å². The van der Waals surface area contributed by atoms with E-state index >= 15 is 0 Å². The van der Waals surface area contributed by atoms with Crippen molar-refractivity contribution in [1.29, 1.82) is 0 Å². The van der Waals surface area contributed by atoms with E-state index in [1.54, 1.807) is 0 Å². The van der Waals surface area contributed by atoms with Gasteiger partial charge >= 0.3 is 0 Å². The number of nitrogen functional groups attached to an aromatic ring is 1. The van der Waals surface area contributed by atoms with E-state index in [0.717, 1.165) is 22.1 Å². The van der Waals surface area contributed by atoms with Gasteiger partial charge in [0.15, 0.2) is 0 Å². The molecule has 0 saturated carbocycles. The molecule has 0 aromatic heterocycles. The number of benzene rings is 2. The first kappa shape index (κ1) is 11.5. The van der Waals surface area contributed by atoms with Crippen LogP contribution >= 0.6 is 0 Å². The van der Waals surface area contributed by atoms with Gasteiger partial charge in [-0.3, -0.25) is 4.79 Å². The molecule has 3 nitrogen and oxygen atoms in total. The van der Waals surface area contributed by atoms with Crippen molar-refractivity contribution >= 4 is 28.1 Å². The summed E-state index contributed by atoms with van der Waals surface area (Å²) >= 11 is 0. The van der Waals surface area contributed by atoms with Gasteiger partial charge in [-0.05, 0) is 35.0 Å². The van der Waals surface area contributed by atoms with Gasteiger partial charge in [-0.25, -0.2) is 0 Å². The lowest BCUT2D eigenvalue weighted by Gasteiger charge is -2.08. The van der Waals surface area contributed by atoms with Crippen molar-refractivity contribution < 1.29 is 4.79 Å². The number of carbonyl (C=O) groups excluding carboxylic acids is 1. The molecular weight excluding hydrogens is 212 g/mol. The second-order valence-electron chi connectivity index (χ2n) is 4.47. The van der Waals surface area contributed by atoms with Crippen molar-refractivity contribution in [2.24, 2.45) is 5.92 Å². The van der Waals surface area contributed by atoms with Gasteiger partial charge in [-0.2, -0.15) is 0 Å². The topological polar surface area (TPSA) is 55.1 Å². The number of fused-ring (bicyclic) bond motifs is 1. The Morgan fingerprint density at radius 3 is 2.47 bits per heavy atom. The number of nitrogens with two attached hydrogens (primary N) is 1. The van der Waals surface area contributed by atoms with Crippen LogP contribution < -0.4 is 11.1 Å². The van der Waals surface area contributed by atoms with Crippen molar-refractivity contribution in [2.75, 3.05) is 11.1 Å². The molecule has 0 atom stereocenters. The summed E-state index contributed by atoms with van der Waals surface area (Å²) in [6, 6.07) is 11.5. The molecule has 1 amide bonds. The van der Waals surface area contributed by atoms with Crippen molar-refractivity contribution in [3.05, 3.63) is 36.4 Å². The fraction of sp³-hybridized carbons (Fsp3) is 0.214. The van der Waals surface area contributed by atoms with Crippen molar-refractivity contribution in [1.82, 2.24) is 0 Å². The van der Waals surface area contributed by atoms with Gasteiger partial charge < -0.3 is 11.1 Å². The highest BCUT2D eigenvalue weighted by Gasteiger charge is 2.07. The van der Waals surface area contributed by atoms with E-state index in [4.69, 9.17) is 5.73 Å². The lowest BCUT2D eigenvalue weighted by molar-refractivity contribution is -0.118. The van der Waals surface area contributed by atoms with Gasteiger partial charge in [0.25, 0.3) is 0 Å². The van der Waals surface area contributed by atoms with Gasteiger partial charge in [0.05, 0.1) is 0 Å². The summed E-state index contributed by atoms with van der Waals surface area (Å²) in [7, 11) is 0. The SMILES string of the molecule is CC(C)C(=O)Nc1ccc2cc(N)ccc2c1. The van der Waals surface area contributed by atoms with Crippen LogP contribution in [0, 0.1) is 5.92 Å². The minimum atomic E-state index is -0.0166. The number of amides is 1. The van der Waals surface area contributed by atoms with Gasteiger partial charge in [0.1, 0.15) is 0 Å². The van der Waals surface area contributed by atoms with Crippen molar-refractivity contribution in [3.63, 3.8) is 0 Å². The molecule has 88 valence electrons. The zero-order valence-electron chi connectivity index (χ0n) is 10.0. The summed E-state index contributed by atoms with van der Waals surface area (Å²) in [5, 5.41) is 5.02.